The number of amides is 1. The van der Waals surface area contributed by atoms with Gasteiger partial charge in [0, 0.05) is 24.0 Å². The van der Waals surface area contributed by atoms with Crippen molar-refractivity contribution in [1.29, 1.82) is 0 Å². The first kappa shape index (κ1) is 20.0. The molecule has 2 aromatic heterocycles. The Morgan fingerprint density at radius 1 is 1.23 bits per heavy atom. The fourth-order valence-electron chi connectivity index (χ4n) is 3.27. The molecule has 0 saturated carbocycles. The molecular weight excluding hydrogens is 407 g/mol. The van der Waals surface area contributed by atoms with Gasteiger partial charge in [-0.1, -0.05) is 23.7 Å². The lowest BCUT2D eigenvalue weighted by Gasteiger charge is -2.09. The van der Waals surface area contributed by atoms with E-state index in [2.05, 4.69) is 15.4 Å². The van der Waals surface area contributed by atoms with Crippen LogP contribution in [0.1, 0.15) is 21.7 Å². The summed E-state index contributed by atoms with van der Waals surface area (Å²) in [5.74, 6) is -0.732. The van der Waals surface area contributed by atoms with Crippen LogP contribution >= 0.6 is 11.6 Å². The third kappa shape index (κ3) is 3.77. The largest absolute Gasteiger partial charge is 0.378 e. The van der Waals surface area contributed by atoms with E-state index >= 15 is 0 Å². The Morgan fingerprint density at radius 2 is 2.00 bits per heavy atom. The highest BCUT2D eigenvalue weighted by molar-refractivity contribution is 6.30. The van der Waals surface area contributed by atoms with Gasteiger partial charge in [-0.25, -0.2) is 13.9 Å². The number of aromatic nitrogens is 3. The zero-order valence-electron chi connectivity index (χ0n) is 16.3. The summed E-state index contributed by atoms with van der Waals surface area (Å²) in [6, 6.07) is 13.0. The molecule has 4 aromatic rings. The molecule has 0 radical (unpaired) electrons. The Bertz CT molecular complexity index is 1240. The molecule has 0 fully saturated rings. The fraction of sp³-hybridized carbons (Fsp3) is 0.136. The number of benzene rings is 2. The van der Waals surface area contributed by atoms with Crippen molar-refractivity contribution in [2.45, 2.75) is 13.5 Å². The molecule has 8 heteroatoms. The van der Waals surface area contributed by atoms with Gasteiger partial charge in [-0.3, -0.25) is 4.79 Å². The average Bonchev–Trinajstić information content (AvgIpc) is 3.09. The van der Waals surface area contributed by atoms with Crippen molar-refractivity contribution < 1.29 is 13.9 Å². The highest BCUT2D eigenvalue weighted by atomic mass is 35.5. The van der Waals surface area contributed by atoms with E-state index in [9.17, 15) is 9.18 Å². The number of carbonyl (C=O) groups is 1. The lowest BCUT2D eigenvalue weighted by atomic mass is 10.1. The van der Waals surface area contributed by atoms with Crippen LogP contribution in [0.3, 0.4) is 0 Å². The summed E-state index contributed by atoms with van der Waals surface area (Å²) in [5, 5.41) is 7.97. The lowest BCUT2D eigenvalue weighted by Crippen LogP contribution is -2.16. The van der Waals surface area contributed by atoms with Crippen LogP contribution < -0.4 is 5.32 Å². The van der Waals surface area contributed by atoms with E-state index in [-0.39, 0.29) is 18.3 Å². The van der Waals surface area contributed by atoms with Gasteiger partial charge in [0.05, 0.1) is 29.1 Å². The van der Waals surface area contributed by atoms with Crippen molar-refractivity contribution in [2.24, 2.45) is 0 Å². The molecule has 0 unspecified atom stereocenters. The van der Waals surface area contributed by atoms with Crippen LogP contribution in [0.15, 0.2) is 54.7 Å². The van der Waals surface area contributed by atoms with Gasteiger partial charge < -0.3 is 10.1 Å². The van der Waals surface area contributed by atoms with Crippen molar-refractivity contribution in [3.8, 4) is 11.1 Å². The Morgan fingerprint density at radius 3 is 2.70 bits per heavy atom. The topological polar surface area (TPSA) is 68.5 Å². The number of hydrogen-bond donors (Lipinski definition) is 1. The Hall–Kier alpha value is -3.29. The fourth-order valence-corrected chi connectivity index (χ4v) is 3.46. The standard InChI is InChI=1S/C22H18ClFN4O2/c1-13-18(22(29)26-17-8-6-16(24)7-9-17)11-25-21-20(14-4-3-5-15(23)10-14)19(12-30-2)27-28(13)21/h3-11H,12H2,1-2H3,(H,26,29). The molecule has 0 aliphatic carbocycles. The molecule has 0 saturated heterocycles. The molecule has 0 aliphatic rings. The molecule has 4 rings (SSSR count). The highest BCUT2D eigenvalue weighted by Gasteiger charge is 2.20. The minimum absolute atomic E-state index is 0.280. The molecule has 2 aromatic carbocycles. The Labute approximate surface area is 177 Å². The number of halogens is 2. The number of carbonyl (C=O) groups excluding carboxylic acids is 1. The maximum absolute atomic E-state index is 13.1. The number of nitrogens with one attached hydrogen (secondary N) is 1. The molecule has 0 spiro atoms. The van der Waals surface area contributed by atoms with Gasteiger partial charge in [0.2, 0.25) is 0 Å². The molecular formula is C22H18ClFN4O2. The van der Waals surface area contributed by atoms with Crippen LogP contribution in [-0.2, 0) is 11.3 Å². The predicted octanol–water partition coefficient (Wildman–Crippen LogP) is 4.90. The minimum atomic E-state index is -0.372. The first-order valence-corrected chi connectivity index (χ1v) is 9.54. The van der Waals surface area contributed by atoms with Gasteiger partial charge in [0.1, 0.15) is 5.82 Å². The van der Waals surface area contributed by atoms with E-state index in [1.165, 1.54) is 30.5 Å². The minimum Gasteiger partial charge on any atom is -0.378 e. The summed E-state index contributed by atoms with van der Waals surface area (Å²) in [5.41, 5.74) is 4.40. The summed E-state index contributed by atoms with van der Waals surface area (Å²) in [7, 11) is 1.59. The second-order valence-electron chi connectivity index (χ2n) is 6.72. The number of fused-ring (bicyclic) bond motifs is 1. The second-order valence-corrected chi connectivity index (χ2v) is 7.16. The molecule has 30 heavy (non-hydrogen) atoms. The summed E-state index contributed by atoms with van der Waals surface area (Å²) in [6.07, 6.45) is 1.51. The summed E-state index contributed by atoms with van der Waals surface area (Å²) in [6.45, 7) is 2.07. The molecule has 0 aliphatic heterocycles. The van der Waals surface area contributed by atoms with Crippen LogP contribution in [0.4, 0.5) is 10.1 Å². The van der Waals surface area contributed by atoms with Crippen LogP contribution in [0.5, 0.6) is 0 Å². The van der Waals surface area contributed by atoms with E-state index in [1.807, 2.05) is 18.2 Å². The summed E-state index contributed by atoms with van der Waals surface area (Å²) < 4.78 is 20.0. The van der Waals surface area contributed by atoms with Crippen LogP contribution in [0.2, 0.25) is 5.02 Å². The monoisotopic (exact) mass is 424 g/mol. The number of aryl methyl sites for hydroxylation is 1. The molecule has 0 atom stereocenters. The third-order valence-corrected chi connectivity index (χ3v) is 4.93. The van der Waals surface area contributed by atoms with Gasteiger partial charge in [0.25, 0.3) is 5.91 Å². The van der Waals surface area contributed by atoms with E-state index in [1.54, 1.807) is 24.6 Å². The van der Waals surface area contributed by atoms with Crippen molar-refractivity contribution in [3.63, 3.8) is 0 Å². The van der Waals surface area contributed by atoms with Crippen molar-refractivity contribution in [3.05, 3.63) is 82.5 Å². The second kappa shape index (κ2) is 8.22. The number of hydrogen-bond acceptors (Lipinski definition) is 4. The quantitative estimate of drug-likeness (QED) is 0.495. The first-order chi connectivity index (χ1) is 14.5. The lowest BCUT2D eigenvalue weighted by molar-refractivity contribution is 0.102. The number of anilines is 1. The molecule has 1 N–H and O–H groups in total. The van der Waals surface area contributed by atoms with E-state index in [4.69, 9.17) is 16.3 Å². The van der Waals surface area contributed by atoms with Gasteiger partial charge >= 0.3 is 0 Å². The smallest absolute Gasteiger partial charge is 0.259 e. The van der Waals surface area contributed by atoms with Gasteiger partial charge in [0.15, 0.2) is 5.65 Å². The highest BCUT2D eigenvalue weighted by Crippen LogP contribution is 2.31. The van der Waals surface area contributed by atoms with E-state index in [0.29, 0.717) is 33.3 Å². The maximum atomic E-state index is 13.1. The summed E-state index contributed by atoms with van der Waals surface area (Å²) in [4.78, 5) is 17.3. The van der Waals surface area contributed by atoms with Gasteiger partial charge in [-0.15, -0.1) is 0 Å². The van der Waals surface area contributed by atoms with E-state index < -0.39 is 0 Å². The molecule has 0 bridgehead atoms. The van der Waals surface area contributed by atoms with Gasteiger partial charge in [-0.2, -0.15) is 5.10 Å². The van der Waals surface area contributed by atoms with Crippen LogP contribution in [-0.4, -0.2) is 27.6 Å². The molecule has 1 amide bonds. The normalized spacial score (nSPS) is 11.1. The average molecular weight is 425 g/mol. The number of rotatable bonds is 5. The molecule has 6 nitrogen and oxygen atoms in total. The zero-order valence-corrected chi connectivity index (χ0v) is 17.1. The Kier molecular flexibility index (Phi) is 5.48. The first-order valence-electron chi connectivity index (χ1n) is 9.17. The van der Waals surface area contributed by atoms with Crippen molar-refractivity contribution in [1.82, 2.24) is 14.6 Å². The zero-order chi connectivity index (χ0) is 21.3. The third-order valence-electron chi connectivity index (χ3n) is 4.70. The number of nitrogens with zero attached hydrogens (tertiary/aromatic N) is 3. The molecule has 152 valence electrons. The SMILES string of the molecule is COCc1nn2c(C)c(C(=O)Nc3ccc(F)cc3)cnc2c1-c1cccc(Cl)c1. The number of ether oxygens (including phenoxy) is 1. The van der Waals surface area contributed by atoms with Crippen molar-refractivity contribution in [2.75, 3.05) is 12.4 Å². The van der Waals surface area contributed by atoms with Gasteiger partial charge in [-0.05, 0) is 48.9 Å². The van der Waals surface area contributed by atoms with Crippen molar-refractivity contribution >= 4 is 28.8 Å². The number of methoxy groups -OCH3 is 1. The van der Waals surface area contributed by atoms with Crippen LogP contribution in [0, 0.1) is 12.7 Å². The Balaban J connectivity index is 1.79. The van der Waals surface area contributed by atoms with Crippen LogP contribution in [0.25, 0.3) is 16.8 Å². The summed E-state index contributed by atoms with van der Waals surface area (Å²) >= 11 is 6.17. The maximum Gasteiger partial charge on any atom is 0.259 e. The van der Waals surface area contributed by atoms with E-state index in [0.717, 1.165) is 11.1 Å². The molecule has 2 heterocycles. The predicted molar refractivity (Wildman–Crippen MR) is 113 cm³/mol.